The molecular weight excluding hydrogens is 374 g/mol. The minimum Gasteiger partial charge on any atom is -0.452 e. The van der Waals surface area contributed by atoms with Gasteiger partial charge in [-0.2, -0.15) is 0 Å². The van der Waals surface area contributed by atoms with Crippen LogP contribution in [0.1, 0.15) is 16.9 Å². The van der Waals surface area contributed by atoms with Gasteiger partial charge in [-0.3, -0.25) is 4.79 Å². The van der Waals surface area contributed by atoms with E-state index < -0.39 is 5.97 Å². The number of likely N-dealkylation sites (N-methyl/N-ethyl adjacent to an activating group) is 1. The summed E-state index contributed by atoms with van der Waals surface area (Å²) in [5.74, 6) is -0.345. The molecule has 0 unspecified atom stereocenters. The maximum Gasteiger partial charge on any atom is 0.331 e. The Bertz CT molecular complexity index is 751. The fraction of sp³-hybridized carbons (Fsp3) is 0.222. The summed E-state index contributed by atoms with van der Waals surface area (Å²) in [5.41, 5.74) is 2.17. The van der Waals surface area contributed by atoms with Crippen LogP contribution < -0.4 is 0 Å². The predicted octanol–water partition coefficient (Wildman–Crippen LogP) is 3.57. The Kier molecular flexibility index (Phi) is 6.37. The van der Waals surface area contributed by atoms with Gasteiger partial charge < -0.3 is 14.1 Å². The smallest absolute Gasteiger partial charge is 0.331 e. The van der Waals surface area contributed by atoms with Crippen molar-refractivity contribution in [1.29, 1.82) is 0 Å². The van der Waals surface area contributed by atoms with Crippen molar-refractivity contribution in [3.8, 4) is 0 Å². The highest BCUT2D eigenvalue weighted by Crippen LogP contribution is 2.15. The molecule has 0 aliphatic carbocycles. The molecule has 1 amide bonds. The normalized spacial score (nSPS) is 10.8. The molecule has 2 rings (SSSR count). The highest BCUT2D eigenvalue weighted by atomic mass is 79.9. The molecule has 0 aliphatic heterocycles. The first kappa shape index (κ1) is 18.0. The lowest BCUT2D eigenvalue weighted by molar-refractivity contribution is -0.147. The van der Waals surface area contributed by atoms with Gasteiger partial charge in [0.05, 0.1) is 0 Å². The first-order chi connectivity index (χ1) is 11.5. The van der Waals surface area contributed by atoms with Crippen LogP contribution in [-0.4, -0.2) is 30.4 Å². The third-order valence-corrected chi connectivity index (χ3v) is 3.84. The van der Waals surface area contributed by atoms with Gasteiger partial charge in [-0.15, -0.1) is 0 Å². The number of halogens is 1. The van der Waals surface area contributed by atoms with E-state index in [0.717, 1.165) is 11.1 Å². The highest BCUT2D eigenvalue weighted by Gasteiger charge is 2.12. The molecule has 2 aromatic rings. The van der Waals surface area contributed by atoms with E-state index in [1.165, 1.54) is 17.1 Å². The van der Waals surface area contributed by atoms with Crippen molar-refractivity contribution in [1.82, 2.24) is 4.90 Å². The Balaban J connectivity index is 1.80. The summed E-state index contributed by atoms with van der Waals surface area (Å²) >= 11 is 3.17. The molecule has 0 spiro atoms. The zero-order chi connectivity index (χ0) is 17.5. The van der Waals surface area contributed by atoms with Gasteiger partial charge in [-0.25, -0.2) is 4.79 Å². The van der Waals surface area contributed by atoms with E-state index in [4.69, 9.17) is 9.15 Å². The molecule has 0 saturated heterocycles. The quantitative estimate of drug-likeness (QED) is 0.557. The molecule has 0 saturated carbocycles. The van der Waals surface area contributed by atoms with Crippen molar-refractivity contribution < 1.29 is 18.7 Å². The van der Waals surface area contributed by atoms with Gasteiger partial charge in [-0.05, 0) is 52.2 Å². The topological polar surface area (TPSA) is 59.8 Å². The van der Waals surface area contributed by atoms with Crippen LogP contribution in [-0.2, 0) is 20.9 Å². The molecule has 0 fully saturated rings. The summed E-state index contributed by atoms with van der Waals surface area (Å²) in [7, 11) is 1.68. The number of furan rings is 1. The van der Waals surface area contributed by atoms with Crippen LogP contribution in [0.2, 0.25) is 0 Å². The van der Waals surface area contributed by atoms with Crippen molar-refractivity contribution in [3.05, 3.63) is 64.0 Å². The Morgan fingerprint density at radius 3 is 2.67 bits per heavy atom. The van der Waals surface area contributed by atoms with Crippen LogP contribution in [0.15, 0.2) is 51.6 Å². The number of nitrogens with zero attached hydrogens (tertiary/aromatic N) is 1. The molecule has 0 radical (unpaired) electrons. The monoisotopic (exact) mass is 391 g/mol. The van der Waals surface area contributed by atoms with Crippen LogP contribution >= 0.6 is 15.9 Å². The molecule has 0 bridgehead atoms. The average Bonchev–Trinajstić information content (AvgIpc) is 2.98. The second-order valence-corrected chi connectivity index (χ2v) is 6.04. The van der Waals surface area contributed by atoms with Crippen LogP contribution in [0.3, 0.4) is 0 Å². The molecule has 0 atom stereocenters. The Labute approximate surface area is 149 Å². The summed E-state index contributed by atoms with van der Waals surface area (Å²) in [5, 5.41) is 0. The van der Waals surface area contributed by atoms with Crippen LogP contribution in [0.5, 0.6) is 0 Å². The third-order valence-electron chi connectivity index (χ3n) is 3.41. The molecule has 1 aromatic carbocycles. The van der Waals surface area contributed by atoms with E-state index in [2.05, 4.69) is 15.9 Å². The fourth-order valence-electron chi connectivity index (χ4n) is 1.99. The number of carbonyl (C=O) groups excluding carboxylic acids is 2. The summed E-state index contributed by atoms with van der Waals surface area (Å²) in [6.45, 7) is 2.16. The van der Waals surface area contributed by atoms with Gasteiger partial charge in [0.15, 0.2) is 11.3 Å². The number of rotatable bonds is 6. The van der Waals surface area contributed by atoms with E-state index >= 15 is 0 Å². The van der Waals surface area contributed by atoms with E-state index in [9.17, 15) is 9.59 Å². The highest BCUT2D eigenvalue weighted by molar-refractivity contribution is 9.10. The molecule has 0 aliphatic rings. The van der Waals surface area contributed by atoms with Gasteiger partial charge in [0, 0.05) is 19.7 Å². The Morgan fingerprint density at radius 1 is 1.25 bits per heavy atom. The second-order valence-electron chi connectivity index (χ2n) is 5.26. The average molecular weight is 392 g/mol. The van der Waals surface area contributed by atoms with Gasteiger partial charge in [-0.1, -0.05) is 24.3 Å². The van der Waals surface area contributed by atoms with E-state index in [0.29, 0.717) is 17.0 Å². The lowest BCUT2D eigenvalue weighted by atomic mass is 10.1. The largest absolute Gasteiger partial charge is 0.452 e. The Morgan fingerprint density at radius 2 is 2.00 bits per heavy atom. The maximum absolute atomic E-state index is 12.0. The molecule has 1 heterocycles. The Hall–Kier alpha value is -2.34. The summed E-state index contributed by atoms with van der Waals surface area (Å²) in [6.07, 6.45) is 2.70. The zero-order valence-corrected chi connectivity index (χ0v) is 15.1. The lowest BCUT2D eigenvalue weighted by Crippen LogP contribution is -2.30. The fourth-order valence-corrected chi connectivity index (χ4v) is 2.31. The SMILES string of the molecule is Cc1ccccc1CN(C)C(=O)COC(=O)/C=C/c1ccc(Br)o1. The van der Waals surface area contributed by atoms with Crippen molar-refractivity contribution in [2.24, 2.45) is 0 Å². The minimum atomic E-state index is -0.597. The van der Waals surface area contributed by atoms with Crippen molar-refractivity contribution in [2.45, 2.75) is 13.5 Å². The summed E-state index contributed by atoms with van der Waals surface area (Å²) in [6, 6.07) is 11.3. The standard InChI is InChI=1S/C18H18BrNO4/c1-13-5-3-4-6-14(13)11-20(2)17(21)12-23-18(22)10-8-15-7-9-16(19)24-15/h3-10H,11-12H2,1-2H3/b10-8+. The van der Waals surface area contributed by atoms with Gasteiger partial charge >= 0.3 is 5.97 Å². The third kappa shape index (κ3) is 5.38. The van der Waals surface area contributed by atoms with E-state index in [-0.39, 0.29) is 12.5 Å². The molecule has 126 valence electrons. The van der Waals surface area contributed by atoms with Crippen molar-refractivity contribution in [2.75, 3.05) is 13.7 Å². The molecule has 1 aromatic heterocycles. The maximum atomic E-state index is 12.0. The van der Waals surface area contributed by atoms with Gasteiger partial charge in [0.25, 0.3) is 5.91 Å². The van der Waals surface area contributed by atoms with Crippen molar-refractivity contribution >= 4 is 33.9 Å². The summed E-state index contributed by atoms with van der Waals surface area (Å²) in [4.78, 5) is 25.2. The number of esters is 1. The molecule has 0 N–H and O–H groups in total. The van der Waals surface area contributed by atoms with Crippen LogP contribution in [0, 0.1) is 6.92 Å². The number of benzene rings is 1. The molecular formula is C18H18BrNO4. The number of ether oxygens (including phenoxy) is 1. The first-order valence-electron chi connectivity index (χ1n) is 7.34. The van der Waals surface area contributed by atoms with Gasteiger partial charge in [0.1, 0.15) is 5.76 Å². The number of amides is 1. The van der Waals surface area contributed by atoms with Gasteiger partial charge in [0.2, 0.25) is 0 Å². The van der Waals surface area contributed by atoms with E-state index in [1.807, 2.05) is 31.2 Å². The predicted molar refractivity (Wildman–Crippen MR) is 94.1 cm³/mol. The number of hydrogen-bond donors (Lipinski definition) is 0. The number of hydrogen-bond acceptors (Lipinski definition) is 4. The van der Waals surface area contributed by atoms with Crippen molar-refractivity contribution in [3.63, 3.8) is 0 Å². The number of aryl methyl sites for hydroxylation is 1. The van der Waals surface area contributed by atoms with Crippen LogP contribution in [0.4, 0.5) is 0 Å². The summed E-state index contributed by atoms with van der Waals surface area (Å²) < 4.78 is 10.7. The second kappa shape index (κ2) is 8.49. The molecule has 24 heavy (non-hydrogen) atoms. The lowest BCUT2D eigenvalue weighted by Gasteiger charge is -2.18. The zero-order valence-electron chi connectivity index (χ0n) is 13.5. The minimum absolute atomic E-state index is 0.263. The van der Waals surface area contributed by atoms with E-state index in [1.54, 1.807) is 19.2 Å². The van der Waals surface area contributed by atoms with Crippen LogP contribution in [0.25, 0.3) is 6.08 Å². The molecule has 5 nitrogen and oxygen atoms in total. The molecule has 6 heteroatoms. The first-order valence-corrected chi connectivity index (χ1v) is 8.13. The number of carbonyl (C=O) groups is 2.